The van der Waals surface area contributed by atoms with Gasteiger partial charge in [-0.15, -0.1) is 0 Å². The van der Waals surface area contributed by atoms with E-state index >= 15 is 0 Å². The second-order valence-corrected chi connectivity index (χ2v) is 6.73. The zero-order valence-electron chi connectivity index (χ0n) is 13.5. The summed E-state index contributed by atoms with van der Waals surface area (Å²) in [6, 6.07) is 4.53. The molecule has 1 aromatic heterocycles. The number of aromatic nitrogens is 1. The summed E-state index contributed by atoms with van der Waals surface area (Å²) in [4.78, 5) is 17.3. The zero-order valence-corrected chi connectivity index (χ0v) is 13.5. The van der Waals surface area contributed by atoms with Gasteiger partial charge in [0.05, 0.1) is 0 Å². The van der Waals surface area contributed by atoms with Gasteiger partial charge in [0.1, 0.15) is 5.60 Å². The Morgan fingerprint density at radius 2 is 2.33 bits per heavy atom. The third-order valence-corrected chi connectivity index (χ3v) is 3.75. The number of ether oxygens (including phenoxy) is 1. The molecule has 1 fully saturated rings. The Morgan fingerprint density at radius 3 is 2.95 bits per heavy atom. The normalized spacial score (nSPS) is 20.6. The fourth-order valence-electron chi connectivity index (χ4n) is 2.65. The van der Waals surface area contributed by atoms with E-state index in [4.69, 9.17) is 4.74 Å². The van der Waals surface area contributed by atoms with Gasteiger partial charge in [-0.25, -0.2) is 4.79 Å². The molecule has 0 saturated carbocycles. The highest BCUT2D eigenvalue weighted by atomic mass is 16.6. The molecule has 2 atom stereocenters. The molecular weight excluding hydrogens is 266 g/mol. The van der Waals surface area contributed by atoms with Crippen molar-refractivity contribution >= 4 is 6.09 Å². The van der Waals surface area contributed by atoms with Gasteiger partial charge in [-0.2, -0.15) is 0 Å². The van der Waals surface area contributed by atoms with Crippen molar-refractivity contribution < 1.29 is 9.53 Å². The van der Waals surface area contributed by atoms with Crippen LogP contribution in [0.3, 0.4) is 0 Å². The lowest BCUT2D eigenvalue weighted by atomic mass is 10.2. The van der Waals surface area contributed by atoms with Gasteiger partial charge >= 0.3 is 6.09 Å². The summed E-state index contributed by atoms with van der Waals surface area (Å²) in [5, 5.41) is 3.49. The predicted molar refractivity (Wildman–Crippen MR) is 83.2 cm³/mol. The fourth-order valence-corrected chi connectivity index (χ4v) is 2.65. The molecule has 0 bridgehead atoms. The van der Waals surface area contributed by atoms with Crippen molar-refractivity contribution in [3.8, 4) is 0 Å². The number of nitrogens with zero attached hydrogens (tertiary/aromatic N) is 1. The summed E-state index contributed by atoms with van der Waals surface area (Å²) >= 11 is 0. The second kappa shape index (κ2) is 6.52. The molecule has 0 radical (unpaired) electrons. The minimum absolute atomic E-state index is 0.195. The summed E-state index contributed by atoms with van der Waals surface area (Å²) in [5.41, 5.74) is 0.728. The number of aromatic amines is 1. The lowest BCUT2D eigenvalue weighted by Gasteiger charge is -2.29. The molecule has 5 nitrogen and oxygen atoms in total. The summed E-state index contributed by atoms with van der Waals surface area (Å²) in [7, 11) is 0. The number of carbonyl (C=O) groups excluding carboxylic acids is 1. The van der Waals surface area contributed by atoms with Crippen LogP contribution in [0.5, 0.6) is 0 Å². The van der Waals surface area contributed by atoms with Gasteiger partial charge in [-0.3, -0.25) is 0 Å². The number of carbonyl (C=O) groups is 1. The number of hydrogen-bond donors (Lipinski definition) is 2. The standard InChI is InChI=1S/C16H27N3O2/c1-12(14-8-5-9-17-14)18-11-13-7-6-10-19(13)15(20)21-16(2,3)4/h5,8-9,12-13,17-18H,6-7,10-11H2,1-4H3/t12-,13-/m1/s1. The van der Waals surface area contributed by atoms with Gasteiger partial charge in [0.2, 0.25) is 0 Å². The molecule has 118 valence electrons. The van der Waals surface area contributed by atoms with Crippen molar-refractivity contribution in [3.63, 3.8) is 0 Å². The van der Waals surface area contributed by atoms with Gasteiger partial charge in [-0.05, 0) is 52.7 Å². The number of nitrogens with one attached hydrogen (secondary N) is 2. The minimum Gasteiger partial charge on any atom is -0.444 e. The maximum Gasteiger partial charge on any atom is 0.410 e. The molecule has 1 aromatic rings. The van der Waals surface area contributed by atoms with Crippen LogP contribution in [0, 0.1) is 0 Å². The molecular formula is C16H27N3O2. The third kappa shape index (κ3) is 4.49. The first-order valence-corrected chi connectivity index (χ1v) is 7.73. The maximum absolute atomic E-state index is 12.2. The molecule has 2 heterocycles. The second-order valence-electron chi connectivity index (χ2n) is 6.73. The van der Waals surface area contributed by atoms with Crippen LogP contribution >= 0.6 is 0 Å². The summed E-state index contributed by atoms with van der Waals surface area (Å²) in [5.74, 6) is 0. The van der Waals surface area contributed by atoms with Crippen molar-refractivity contribution in [1.82, 2.24) is 15.2 Å². The van der Waals surface area contributed by atoms with Crippen LogP contribution in [0.25, 0.3) is 0 Å². The molecule has 1 saturated heterocycles. The van der Waals surface area contributed by atoms with E-state index in [0.717, 1.165) is 31.6 Å². The fraction of sp³-hybridized carbons (Fsp3) is 0.688. The smallest absolute Gasteiger partial charge is 0.410 e. The monoisotopic (exact) mass is 293 g/mol. The van der Waals surface area contributed by atoms with Gasteiger partial charge in [0.25, 0.3) is 0 Å². The van der Waals surface area contributed by atoms with Crippen molar-refractivity contribution in [2.24, 2.45) is 0 Å². The molecule has 0 spiro atoms. The van der Waals surface area contributed by atoms with Crippen LogP contribution in [0.15, 0.2) is 18.3 Å². The molecule has 1 aliphatic rings. The maximum atomic E-state index is 12.2. The van der Waals surface area contributed by atoms with Gasteiger partial charge < -0.3 is 19.9 Å². The highest BCUT2D eigenvalue weighted by Crippen LogP contribution is 2.21. The van der Waals surface area contributed by atoms with Crippen LogP contribution in [-0.2, 0) is 4.74 Å². The lowest BCUT2D eigenvalue weighted by Crippen LogP contribution is -2.44. The van der Waals surface area contributed by atoms with E-state index in [1.54, 1.807) is 0 Å². The van der Waals surface area contributed by atoms with Crippen LogP contribution < -0.4 is 5.32 Å². The Hall–Kier alpha value is -1.49. The molecule has 0 unspecified atom stereocenters. The Balaban J connectivity index is 1.86. The summed E-state index contributed by atoms with van der Waals surface area (Å²) in [6.07, 6.45) is 3.81. The van der Waals surface area contributed by atoms with E-state index in [0.29, 0.717) is 0 Å². The number of hydrogen-bond acceptors (Lipinski definition) is 3. The molecule has 0 aliphatic carbocycles. The molecule has 5 heteroatoms. The number of H-pyrrole nitrogens is 1. The van der Waals surface area contributed by atoms with E-state index in [2.05, 4.69) is 23.3 Å². The topological polar surface area (TPSA) is 57.4 Å². The molecule has 21 heavy (non-hydrogen) atoms. The van der Waals surface area contributed by atoms with E-state index in [1.807, 2.05) is 37.9 Å². The van der Waals surface area contributed by atoms with Crippen molar-refractivity contribution in [2.75, 3.05) is 13.1 Å². The molecule has 0 aromatic carbocycles. The van der Waals surface area contributed by atoms with Gasteiger partial charge in [-0.1, -0.05) is 0 Å². The summed E-state index contributed by atoms with van der Waals surface area (Å²) in [6.45, 7) is 9.42. The highest BCUT2D eigenvalue weighted by molar-refractivity contribution is 5.69. The van der Waals surface area contributed by atoms with Crippen LogP contribution in [0.4, 0.5) is 4.79 Å². The highest BCUT2D eigenvalue weighted by Gasteiger charge is 2.32. The quantitative estimate of drug-likeness (QED) is 0.897. The van der Waals surface area contributed by atoms with E-state index in [1.165, 1.54) is 0 Å². The van der Waals surface area contributed by atoms with Crippen LogP contribution in [0.1, 0.15) is 52.3 Å². The average Bonchev–Trinajstić information content (AvgIpc) is 3.04. The Labute approximate surface area is 127 Å². The predicted octanol–water partition coefficient (Wildman–Crippen LogP) is 3.06. The molecule has 2 rings (SSSR count). The number of rotatable bonds is 4. The zero-order chi connectivity index (χ0) is 15.5. The van der Waals surface area contributed by atoms with Crippen molar-refractivity contribution in [1.29, 1.82) is 0 Å². The largest absolute Gasteiger partial charge is 0.444 e. The Bertz CT molecular complexity index is 451. The number of amides is 1. The van der Waals surface area contributed by atoms with Gasteiger partial charge in [0.15, 0.2) is 0 Å². The minimum atomic E-state index is -0.435. The first-order chi connectivity index (χ1) is 9.87. The first kappa shape index (κ1) is 15.9. The van der Waals surface area contributed by atoms with E-state index < -0.39 is 5.60 Å². The van der Waals surface area contributed by atoms with Gasteiger partial charge in [0, 0.05) is 37.1 Å². The van der Waals surface area contributed by atoms with E-state index in [9.17, 15) is 4.79 Å². The third-order valence-electron chi connectivity index (χ3n) is 3.75. The average molecular weight is 293 g/mol. The molecule has 1 aliphatic heterocycles. The Kier molecular flexibility index (Phi) is 4.93. The molecule has 2 N–H and O–H groups in total. The number of likely N-dealkylation sites (tertiary alicyclic amines) is 1. The van der Waals surface area contributed by atoms with E-state index in [-0.39, 0.29) is 18.2 Å². The first-order valence-electron chi connectivity index (χ1n) is 7.73. The summed E-state index contributed by atoms with van der Waals surface area (Å²) < 4.78 is 5.48. The molecule has 1 amide bonds. The SMILES string of the molecule is C[C@@H](NC[C@H]1CCCN1C(=O)OC(C)(C)C)c1ccc[nH]1. The van der Waals surface area contributed by atoms with Crippen LogP contribution in [0.2, 0.25) is 0 Å². The van der Waals surface area contributed by atoms with Crippen molar-refractivity contribution in [3.05, 3.63) is 24.0 Å². The van der Waals surface area contributed by atoms with Crippen LogP contribution in [-0.4, -0.2) is 40.7 Å². The Morgan fingerprint density at radius 1 is 1.57 bits per heavy atom. The lowest BCUT2D eigenvalue weighted by molar-refractivity contribution is 0.0225. The van der Waals surface area contributed by atoms with Crippen molar-refractivity contribution in [2.45, 2.75) is 58.2 Å².